The van der Waals surface area contributed by atoms with Crippen molar-refractivity contribution in [3.63, 3.8) is 0 Å². The van der Waals surface area contributed by atoms with Crippen LogP contribution in [0.3, 0.4) is 0 Å². The van der Waals surface area contributed by atoms with Gasteiger partial charge in [-0.15, -0.1) is 0 Å². The molecule has 1 aliphatic rings. The molecule has 0 bridgehead atoms. The standard InChI is InChI=1S/C13H18FN5O2/c1-4-13(7-16-18-15)9(3)10(14)11(21-13)19-6-5-8(2)17-12(19)20/h5-6,9-11H,4,7H2,1-3H3/t9-,10+,11+,13-/m0/s1. The molecule has 1 aromatic heterocycles. The zero-order valence-corrected chi connectivity index (χ0v) is 12.2. The highest BCUT2D eigenvalue weighted by atomic mass is 19.1. The molecule has 114 valence electrons. The zero-order valence-electron chi connectivity index (χ0n) is 12.2. The van der Waals surface area contributed by atoms with Gasteiger partial charge in [0.2, 0.25) is 0 Å². The first kappa shape index (κ1) is 15.5. The maximum Gasteiger partial charge on any atom is 0.349 e. The number of nitrogens with zero attached hydrogens (tertiary/aromatic N) is 5. The molecule has 8 heteroatoms. The summed E-state index contributed by atoms with van der Waals surface area (Å²) in [4.78, 5) is 18.4. The van der Waals surface area contributed by atoms with Crippen molar-refractivity contribution < 1.29 is 9.13 Å². The van der Waals surface area contributed by atoms with Crippen LogP contribution in [-0.4, -0.2) is 27.9 Å². The van der Waals surface area contributed by atoms with Gasteiger partial charge >= 0.3 is 5.69 Å². The van der Waals surface area contributed by atoms with E-state index >= 15 is 0 Å². The molecule has 0 amide bonds. The first-order valence-electron chi connectivity index (χ1n) is 6.83. The quantitative estimate of drug-likeness (QED) is 0.485. The van der Waals surface area contributed by atoms with Gasteiger partial charge in [0, 0.05) is 22.7 Å². The van der Waals surface area contributed by atoms with E-state index in [2.05, 4.69) is 15.0 Å². The highest BCUT2D eigenvalue weighted by molar-refractivity contribution is 5.02. The topological polar surface area (TPSA) is 92.9 Å². The second-order valence-electron chi connectivity index (χ2n) is 5.31. The molecule has 1 saturated heterocycles. The van der Waals surface area contributed by atoms with Crippen LogP contribution in [0.25, 0.3) is 10.4 Å². The highest BCUT2D eigenvalue weighted by Gasteiger charge is 2.52. The summed E-state index contributed by atoms with van der Waals surface area (Å²) in [6.45, 7) is 5.27. The van der Waals surface area contributed by atoms with Gasteiger partial charge in [0.15, 0.2) is 12.4 Å². The monoisotopic (exact) mass is 295 g/mol. The van der Waals surface area contributed by atoms with E-state index in [1.807, 2.05) is 6.92 Å². The predicted octanol–water partition coefficient (Wildman–Crippen LogP) is 2.51. The van der Waals surface area contributed by atoms with E-state index in [0.29, 0.717) is 12.1 Å². The summed E-state index contributed by atoms with van der Waals surface area (Å²) in [7, 11) is 0. The average molecular weight is 295 g/mol. The smallest absolute Gasteiger partial charge is 0.348 e. The lowest BCUT2D eigenvalue weighted by Gasteiger charge is -2.29. The summed E-state index contributed by atoms with van der Waals surface area (Å²) in [5.74, 6) is -0.494. The van der Waals surface area contributed by atoms with E-state index in [-0.39, 0.29) is 6.54 Å². The van der Waals surface area contributed by atoms with Gasteiger partial charge < -0.3 is 4.74 Å². The molecule has 2 rings (SSSR count). The molecule has 0 aromatic carbocycles. The minimum Gasteiger partial charge on any atom is -0.348 e. The molecule has 0 unspecified atom stereocenters. The summed E-state index contributed by atoms with van der Waals surface area (Å²) >= 11 is 0. The third kappa shape index (κ3) is 2.64. The summed E-state index contributed by atoms with van der Waals surface area (Å²) in [6, 6.07) is 1.63. The fourth-order valence-electron chi connectivity index (χ4n) is 2.70. The van der Waals surface area contributed by atoms with Crippen molar-refractivity contribution in [3.8, 4) is 0 Å². The van der Waals surface area contributed by atoms with Crippen molar-refractivity contribution in [1.82, 2.24) is 9.55 Å². The second-order valence-corrected chi connectivity index (χ2v) is 5.31. The SMILES string of the molecule is CC[C@@]1(CN=[N+]=[N-])O[C@@H](n2ccc(C)nc2=O)[C@H](F)[C@@H]1C. The van der Waals surface area contributed by atoms with Crippen LogP contribution in [0.15, 0.2) is 22.2 Å². The van der Waals surface area contributed by atoms with E-state index in [9.17, 15) is 9.18 Å². The van der Waals surface area contributed by atoms with E-state index < -0.39 is 29.6 Å². The van der Waals surface area contributed by atoms with Crippen molar-refractivity contribution in [1.29, 1.82) is 0 Å². The molecule has 0 saturated carbocycles. The first-order chi connectivity index (χ1) is 9.95. The van der Waals surface area contributed by atoms with Gasteiger partial charge in [-0.05, 0) is 24.9 Å². The second kappa shape index (κ2) is 5.83. The van der Waals surface area contributed by atoms with E-state index in [1.54, 1.807) is 19.9 Å². The van der Waals surface area contributed by atoms with Crippen molar-refractivity contribution in [2.24, 2.45) is 11.0 Å². The normalized spacial score (nSPS) is 31.9. The Labute approximate surface area is 121 Å². The summed E-state index contributed by atoms with van der Waals surface area (Å²) in [5.41, 5.74) is 7.60. The van der Waals surface area contributed by atoms with Gasteiger partial charge in [0.05, 0.1) is 12.1 Å². The van der Waals surface area contributed by atoms with E-state index in [0.717, 1.165) is 4.57 Å². The Balaban J connectivity index is 2.39. The number of hydrogen-bond acceptors (Lipinski definition) is 4. The molecule has 1 fully saturated rings. The van der Waals surface area contributed by atoms with Crippen molar-refractivity contribution in [2.45, 2.75) is 45.2 Å². The summed E-state index contributed by atoms with van der Waals surface area (Å²) < 4.78 is 21.6. The molecular weight excluding hydrogens is 277 g/mol. The van der Waals surface area contributed by atoms with Crippen LogP contribution in [0.5, 0.6) is 0 Å². The van der Waals surface area contributed by atoms with E-state index in [1.165, 1.54) is 6.20 Å². The lowest BCUT2D eigenvalue weighted by atomic mass is 9.85. The number of azide groups is 1. The van der Waals surface area contributed by atoms with Crippen molar-refractivity contribution in [2.75, 3.05) is 6.54 Å². The minimum atomic E-state index is -1.37. The molecule has 2 heterocycles. The fourth-order valence-corrected chi connectivity index (χ4v) is 2.70. The minimum absolute atomic E-state index is 0.0339. The third-order valence-electron chi connectivity index (χ3n) is 4.18. The molecule has 1 aromatic rings. The largest absolute Gasteiger partial charge is 0.349 e. The number of halogens is 1. The zero-order chi connectivity index (χ0) is 15.6. The number of ether oxygens (including phenoxy) is 1. The van der Waals surface area contributed by atoms with Crippen LogP contribution in [0.2, 0.25) is 0 Å². The van der Waals surface area contributed by atoms with Gasteiger partial charge in [-0.2, -0.15) is 4.98 Å². The average Bonchev–Trinajstić information content (AvgIpc) is 2.71. The van der Waals surface area contributed by atoms with Gasteiger partial charge in [0.25, 0.3) is 0 Å². The molecule has 0 spiro atoms. The van der Waals surface area contributed by atoms with Crippen LogP contribution in [0, 0.1) is 12.8 Å². The summed E-state index contributed by atoms with van der Waals surface area (Å²) in [6.07, 6.45) is -0.456. The Hall–Kier alpha value is -1.92. The van der Waals surface area contributed by atoms with Crippen LogP contribution in [0.1, 0.15) is 32.2 Å². The van der Waals surface area contributed by atoms with Gasteiger partial charge in [-0.25, -0.2) is 9.18 Å². The molecule has 1 aliphatic heterocycles. The Kier molecular flexibility index (Phi) is 4.29. The number of aromatic nitrogens is 2. The van der Waals surface area contributed by atoms with Crippen LogP contribution >= 0.6 is 0 Å². The fraction of sp³-hybridized carbons (Fsp3) is 0.692. The van der Waals surface area contributed by atoms with Crippen LogP contribution < -0.4 is 5.69 Å². The Bertz CT molecular complexity index is 627. The third-order valence-corrected chi connectivity index (χ3v) is 4.18. The Morgan fingerprint density at radius 1 is 1.67 bits per heavy atom. The molecule has 7 nitrogen and oxygen atoms in total. The molecule has 21 heavy (non-hydrogen) atoms. The maximum atomic E-state index is 14.6. The van der Waals surface area contributed by atoms with Crippen LogP contribution in [-0.2, 0) is 4.74 Å². The lowest BCUT2D eigenvalue weighted by molar-refractivity contribution is -0.0860. The predicted molar refractivity (Wildman–Crippen MR) is 74.5 cm³/mol. The number of aryl methyl sites for hydroxylation is 1. The molecule has 0 N–H and O–H groups in total. The van der Waals surface area contributed by atoms with E-state index in [4.69, 9.17) is 10.3 Å². The van der Waals surface area contributed by atoms with Gasteiger partial charge in [-0.1, -0.05) is 19.0 Å². The number of alkyl halides is 1. The first-order valence-corrected chi connectivity index (χ1v) is 6.83. The Morgan fingerprint density at radius 3 is 2.95 bits per heavy atom. The maximum absolute atomic E-state index is 14.6. The van der Waals surface area contributed by atoms with Gasteiger partial charge in [-0.3, -0.25) is 4.57 Å². The molecule has 4 atom stereocenters. The van der Waals surface area contributed by atoms with Crippen molar-refractivity contribution >= 4 is 0 Å². The lowest BCUT2D eigenvalue weighted by Crippen LogP contribution is -2.38. The van der Waals surface area contributed by atoms with Crippen molar-refractivity contribution in [3.05, 3.63) is 38.9 Å². The number of rotatable bonds is 4. The number of hydrogen-bond donors (Lipinski definition) is 0. The summed E-state index contributed by atoms with van der Waals surface area (Å²) in [5, 5.41) is 3.53. The molecular formula is C13H18FN5O2. The molecule has 0 radical (unpaired) electrons. The Morgan fingerprint density at radius 2 is 2.38 bits per heavy atom. The molecule has 0 aliphatic carbocycles. The van der Waals surface area contributed by atoms with Gasteiger partial charge in [0.1, 0.15) is 0 Å². The van der Waals surface area contributed by atoms with Crippen LogP contribution in [0.4, 0.5) is 4.39 Å². The highest BCUT2D eigenvalue weighted by Crippen LogP contribution is 2.44.